The van der Waals surface area contributed by atoms with Crippen molar-refractivity contribution in [1.29, 1.82) is 0 Å². The molecule has 2 saturated heterocycles. The lowest BCUT2D eigenvalue weighted by Gasteiger charge is -2.35. The molecule has 3 N–H and O–H groups in total. The van der Waals surface area contributed by atoms with Gasteiger partial charge in [-0.2, -0.15) is 0 Å². The molecule has 2 atom stereocenters. The molecule has 1 aliphatic carbocycles. The van der Waals surface area contributed by atoms with Crippen molar-refractivity contribution in [3.63, 3.8) is 0 Å². The van der Waals surface area contributed by atoms with E-state index in [4.69, 9.17) is 4.52 Å². The average molecular weight is 382 g/mol. The third kappa shape index (κ3) is 3.80. The number of hydrazine groups is 1. The van der Waals surface area contributed by atoms with Crippen LogP contribution < -0.4 is 16.2 Å². The number of pyridine rings is 1. The Morgan fingerprint density at radius 1 is 1.21 bits per heavy atom. The van der Waals surface area contributed by atoms with Gasteiger partial charge in [-0.15, -0.1) is 0 Å². The predicted octanol–water partition coefficient (Wildman–Crippen LogP) is 1.53. The average Bonchev–Trinajstić information content (AvgIpc) is 3.27. The quantitative estimate of drug-likeness (QED) is 0.722. The molecule has 1 amide bonds. The van der Waals surface area contributed by atoms with Crippen LogP contribution >= 0.6 is 0 Å². The molecule has 8 nitrogen and oxygen atoms in total. The van der Waals surface area contributed by atoms with Crippen LogP contribution in [0.3, 0.4) is 0 Å². The second kappa shape index (κ2) is 7.62. The van der Waals surface area contributed by atoms with Crippen molar-refractivity contribution in [3.05, 3.63) is 36.3 Å². The van der Waals surface area contributed by atoms with Crippen LogP contribution in [0.5, 0.6) is 0 Å². The van der Waals surface area contributed by atoms with Gasteiger partial charge < -0.3 is 9.84 Å². The highest BCUT2D eigenvalue weighted by Gasteiger charge is 2.39. The summed E-state index contributed by atoms with van der Waals surface area (Å²) in [5, 5.41) is 7.03. The van der Waals surface area contributed by atoms with Crippen molar-refractivity contribution in [3.8, 4) is 11.3 Å². The summed E-state index contributed by atoms with van der Waals surface area (Å²) in [4.78, 5) is 19.1. The van der Waals surface area contributed by atoms with Crippen LogP contribution in [0.25, 0.3) is 11.3 Å². The highest BCUT2D eigenvalue weighted by atomic mass is 16.5. The summed E-state index contributed by atoms with van der Waals surface area (Å²) < 4.78 is 5.31. The van der Waals surface area contributed by atoms with Crippen LogP contribution in [0.2, 0.25) is 0 Å². The van der Waals surface area contributed by atoms with E-state index in [-0.39, 0.29) is 11.9 Å². The molecule has 5 rings (SSSR count). The summed E-state index contributed by atoms with van der Waals surface area (Å²) in [6.07, 6.45) is 9.62. The van der Waals surface area contributed by atoms with E-state index in [1.807, 2.05) is 12.1 Å². The predicted molar refractivity (Wildman–Crippen MR) is 103 cm³/mol. The van der Waals surface area contributed by atoms with Gasteiger partial charge in [0.2, 0.25) is 0 Å². The summed E-state index contributed by atoms with van der Waals surface area (Å²) in [6, 6.07) is 6.19. The molecule has 28 heavy (non-hydrogen) atoms. The van der Waals surface area contributed by atoms with Gasteiger partial charge in [0.1, 0.15) is 0 Å². The normalized spacial score (nSPS) is 26.4. The zero-order valence-corrected chi connectivity index (χ0v) is 15.8. The highest BCUT2D eigenvalue weighted by Crippen LogP contribution is 2.36. The second-order valence-corrected chi connectivity index (χ2v) is 8.09. The molecule has 2 unspecified atom stereocenters. The first-order valence-electron chi connectivity index (χ1n) is 10.2. The maximum atomic E-state index is 12.5. The number of hydrogen-bond acceptors (Lipinski definition) is 7. The molecule has 3 aliphatic rings. The number of nitrogens with zero attached hydrogens (tertiary/aromatic N) is 3. The van der Waals surface area contributed by atoms with Crippen molar-refractivity contribution in [2.45, 2.75) is 50.4 Å². The Morgan fingerprint density at radius 3 is 2.82 bits per heavy atom. The number of amides is 1. The van der Waals surface area contributed by atoms with E-state index in [1.165, 1.54) is 19.3 Å². The van der Waals surface area contributed by atoms with E-state index in [9.17, 15) is 4.79 Å². The Hall–Kier alpha value is -2.29. The van der Waals surface area contributed by atoms with Gasteiger partial charge in [-0.3, -0.25) is 20.1 Å². The minimum Gasteiger partial charge on any atom is -0.355 e. The number of aromatic nitrogens is 2. The lowest BCUT2D eigenvalue weighted by molar-refractivity contribution is 0.0871. The fourth-order valence-electron chi connectivity index (χ4n) is 4.25. The summed E-state index contributed by atoms with van der Waals surface area (Å²) in [7, 11) is 0. The van der Waals surface area contributed by atoms with Gasteiger partial charge in [-0.05, 0) is 50.2 Å². The van der Waals surface area contributed by atoms with Crippen LogP contribution in [0, 0.1) is 5.92 Å². The van der Waals surface area contributed by atoms with Crippen molar-refractivity contribution in [2.24, 2.45) is 5.92 Å². The lowest BCUT2D eigenvalue weighted by atomic mass is 10.0. The molecule has 3 fully saturated rings. The van der Waals surface area contributed by atoms with Gasteiger partial charge in [0.05, 0.1) is 6.17 Å². The number of hydrogen-bond donors (Lipinski definition) is 3. The van der Waals surface area contributed by atoms with E-state index in [2.05, 4.69) is 31.2 Å². The number of piperidine rings is 1. The fourth-order valence-corrected chi connectivity index (χ4v) is 4.25. The van der Waals surface area contributed by atoms with Crippen LogP contribution in [-0.4, -0.2) is 52.3 Å². The van der Waals surface area contributed by atoms with E-state index >= 15 is 0 Å². The summed E-state index contributed by atoms with van der Waals surface area (Å²) in [5.74, 6) is 1.25. The zero-order valence-electron chi connectivity index (χ0n) is 15.8. The Bertz CT molecular complexity index is 813. The van der Waals surface area contributed by atoms with E-state index in [1.54, 1.807) is 18.5 Å². The van der Waals surface area contributed by atoms with Crippen LogP contribution in [-0.2, 0) is 0 Å². The van der Waals surface area contributed by atoms with Gasteiger partial charge in [0.15, 0.2) is 11.5 Å². The summed E-state index contributed by atoms with van der Waals surface area (Å²) >= 11 is 0. The molecular formula is C20H26N6O2. The summed E-state index contributed by atoms with van der Waals surface area (Å²) in [5.41, 5.74) is 8.05. The number of rotatable bonds is 5. The van der Waals surface area contributed by atoms with Crippen molar-refractivity contribution >= 4 is 5.91 Å². The Balaban J connectivity index is 1.12. The maximum absolute atomic E-state index is 12.5. The monoisotopic (exact) mass is 382 g/mol. The molecule has 0 radical (unpaired) electrons. The Morgan fingerprint density at radius 2 is 2.07 bits per heavy atom. The smallest absolute Gasteiger partial charge is 0.273 e. The minimum atomic E-state index is -0.174. The van der Waals surface area contributed by atoms with Crippen molar-refractivity contribution < 1.29 is 9.32 Å². The first kappa shape index (κ1) is 17.8. The zero-order chi connectivity index (χ0) is 18.9. The number of carbonyl (C=O) groups excluding carboxylic acids is 1. The summed E-state index contributed by atoms with van der Waals surface area (Å²) in [6.45, 7) is 1.98. The van der Waals surface area contributed by atoms with Crippen molar-refractivity contribution in [1.82, 2.24) is 31.2 Å². The number of likely N-dealkylation sites (tertiary alicyclic amines) is 1. The third-order valence-corrected chi connectivity index (χ3v) is 6.10. The van der Waals surface area contributed by atoms with Gasteiger partial charge in [0.25, 0.3) is 5.91 Å². The SMILES string of the molecule is O=C(NC1CCN(C2CC(C3CC3)NN2)CC1)c1cc(-c2cccnc2)on1. The molecule has 2 aromatic heterocycles. The van der Waals surface area contributed by atoms with Gasteiger partial charge in [-0.25, -0.2) is 5.43 Å². The first-order valence-corrected chi connectivity index (χ1v) is 10.2. The van der Waals surface area contributed by atoms with Crippen molar-refractivity contribution in [2.75, 3.05) is 13.1 Å². The second-order valence-electron chi connectivity index (χ2n) is 8.09. The third-order valence-electron chi connectivity index (χ3n) is 6.10. The van der Waals surface area contributed by atoms with Gasteiger partial charge in [-0.1, -0.05) is 5.16 Å². The molecular weight excluding hydrogens is 356 g/mol. The Labute approximate surface area is 164 Å². The molecule has 2 aliphatic heterocycles. The molecule has 0 spiro atoms. The largest absolute Gasteiger partial charge is 0.355 e. The Kier molecular flexibility index (Phi) is 4.84. The standard InChI is InChI=1S/C20H26N6O2/c27-20(17-10-18(28-25-17)14-2-1-7-21-12-14)22-15-5-8-26(9-6-15)19-11-16(23-24-19)13-3-4-13/h1-2,7,10,12-13,15-16,19,23-24H,3-6,8-9,11H2,(H,22,27). The molecule has 8 heteroatoms. The maximum Gasteiger partial charge on any atom is 0.273 e. The first-order chi connectivity index (χ1) is 13.8. The molecule has 4 heterocycles. The number of nitrogens with one attached hydrogen (secondary N) is 3. The minimum absolute atomic E-state index is 0.174. The molecule has 2 aromatic rings. The van der Waals surface area contributed by atoms with Crippen LogP contribution in [0.15, 0.2) is 35.1 Å². The van der Waals surface area contributed by atoms with Gasteiger partial charge in [0, 0.05) is 49.2 Å². The molecule has 1 saturated carbocycles. The highest BCUT2D eigenvalue weighted by molar-refractivity contribution is 5.93. The van der Waals surface area contributed by atoms with E-state index < -0.39 is 0 Å². The van der Waals surface area contributed by atoms with E-state index in [0.29, 0.717) is 23.7 Å². The number of carbonyl (C=O) groups is 1. The lowest BCUT2D eigenvalue weighted by Crippen LogP contribution is -2.51. The van der Waals surface area contributed by atoms with E-state index in [0.717, 1.165) is 37.4 Å². The molecule has 0 aromatic carbocycles. The molecule has 0 bridgehead atoms. The molecule has 148 valence electrons. The topological polar surface area (TPSA) is 95.3 Å². The van der Waals surface area contributed by atoms with Crippen LogP contribution in [0.1, 0.15) is 42.6 Å². The van der Waals surface area contributed by atoms with Crippen LogP contribution in [0.4, 0.5) is 0 Å². The fraction of sp³-hybridized carbons (Fsp3) is 0.550. The van der Waals surface area contributed by atoms with Gasteiger partial charge >= 0.3 is 0 Å².